The SMILES string of the molecule is CCc1ccc(C(NC2CCNCC2)C(F)(F)F)cc1. The van der Waals surface area contributed by atoms with Crippen LogP contribution in [0.2, 0.25) is 0 Å². The molecule has 0 spiro atoms. The second-order valence-electron chi connectivity index (χ2n) is 5.26. The highest BCUT2D eigenvalue weighted by molar-refractivity contribution is 5.26. The molecule has 0 amide bonds. The van der Waals surface area contributed by atoms with E-state index < -0.39 is 12.2 Å². The molecule has 1 aromatic rings. The topological polar surface area (TPSA) is 24.1 Å². The number of hydrogen-bond acceptors (Lipinski definition) is 2. The molecule has 2 nitrogen and oxygen atoms in total. The number of aryl methyl sites for hydroxylation is 1. The molecule has 1 saturated heterocycles. The Kier molecular flexibility index (Phi) is 5.05. The maximum Gasteiger partial charge on any atom is 0.407 e. The van der Waals surface area contributed by atoms with Gasteiger partial charge in [0.15, 0.2) is 0 Å². The lowest BCUT2D eigenvalue weighted by atomic mass is 10.00. The molecular weight excluding hydrogens is 265 g/mol. The van der Waals surface area contributed by atoms with Crippen LogP contribution >= 0.6 is 0 Å². The van der Waals surface area contributed by atoms with Crippen LogP contribution in [0.1, 0.15) is 36.9 Å². The fourth-order valence-electron chi connectivity index (χ4n) is 2.55. The molecular formula is C15H21F3N2. The molecule has 2 rings (SSSR count). The Morgan fingerprint density at radius 3 is 2.30 bits per heavy atom. The first-order valence-electron chi connectivity index (χ1n) is 7.13. The van der Waals surface area contributed by atoms with Crippen LogP contribution in [0.25, 0.3) is 0 Å². The smallest absolute Gasteiger partial charge is 0.317 e. The van der Waals surface area contributed by atoms with Crippen LogP contribution < -0.4 is 10.6 Å². The molecule has 1 aliphatic rings. The summed E-state index contributed by atoms with van der Waals surface area (Å²) in [5, 5.41) is 5.94. The van der Waals surface area contributed by atoms with Crippen LogP contribution in [-0.2, 0) is 6.42 Å². The second kappa shape index (κ2) is 6.59. The number of piperidine rings is 1. The van der Waals surface area contributed by atoms with Crippen LogP contribution in [0.3, 0.4) is 0 Å². The summed E-state index contributed by atoms with van der Waals surface area (Å²) < 4.78 is 39.8. The lowest BCUT2D eigenvalue weighted by Gasteiger charge is -2.30. The first kappa shape index (κ1) is 15.3. The minimum Gasteiger partial charge on any atom is -0.317 e. The van der Waals surface area contributed by atoms with E-state index in [4.69, 9.17) is 0 Å². The van der Waals surface area contributed by atoms with Gasteiger partial charge in [-0.1, -0.05) is 31.2 Å². The normalized spacial score (nSPS) is 19.0. The van der Waals surface area contributed by atoms with Crippen LogP contribution in [0.15, 0.2) is 24.3 Å². The lowest BCUT2D eigenvalue weighted by molar-refractivity contribution is -0.160. The number of nitrogens with one attached hydrogen (secondary N) is 2. The molecule has 0 bridgehead atoms. The molecule has 1 fully saturated rings. The third-order valence-electron chi connectivity index (χ3n) is 3.79. The summed E-state index contributed by atoms with van der Waals surface area (Å²) >= 11 is 0. The lowest BCUT2D eigenvalue weighted by Crippen LogP contribution is -2.45. The zero-order chi connectivity index (χ0) is 14.6. The molecule has 0 saturated carbocycles. The molecule has 0 aromatic heterocycles. The van der Waals surface area contributed by atoms with E-state index in [0.717, 1.165) is 37.9 Å². The predicted octanol–water partition coefficient (Wildman–Crippen LogP) is 3.19. The number of rotatable bonds is 4. The molecule has 1 atom stereocenters. The molecule has 1 aliphatic heterocycles. The second-order valence-corrected chi connectivity index (χ2v) is 5.26. The molecule has 1 heterocycles. The quantitative estimate of drug-likeness (QED) is 0.888. The van der Waals surface area contributed by atoms with E-state index >= 15 is 0 Å². The number of alkyl halides is 3. The van der Waals surface area contributed by atoms with Gasteiger partial charge in [0, 0.05) is 6.04 Å². The van der Waals surface area contributed by atoms with Gasteiger partial charge >= 0.3 is 6.18 Å². The van der Waals surface area contributed by atoms with E-state index in [1.54, 1.807) is 24.3 Å². The van der Waals surface area contributed by atoms with Crippen molar-refractivity contribution in [1.82, 2.24) is 10.6 Å². The first-order valence-corrected chi connectivity index (χ1v) is 7.13. The van der Waals surface area contributed by atoms with Gasteiger partial charge in [-0.25, -0.2) is 0 Å². The fraction of sp³-hybridized carbons (Fsp3) is 0.600. The van der Waals surface area contributed by atoms with Crippen molar-refractivity contribution in [3.8, 4) is 0 Å². The highest BCUT2D eigenvalue weighted by atomic mass is 19.4. The van der Waals surface area contributed by atoms with Gasteiger partial charge in [0.2, 0.25) is 0 Å². The largest absolute Gasteiger partial charge is 0.407 e. The van der Waals surface area contributed by atoms with E-state index in [0.29, 0.717) is 5.56 Å². The standard InChI is InChI=1S/C15H21F3N2/c1-2-11-3-5-12(6-4-11)14(15(16,17)18)20-13-7-9-19-10-8-13/h3-6,13-14,19-20H,2,7-10H2,1H3. The zero-order valence-electron chi connectivity index (χ0n) is 11.6. The molecule has 1 aromatic carbocycles. The summed E-state index contributed by atoms with van der Waals surface area (Å²) in [7, 11) is 0. The van der Waals surface area contributed by atoms with Crippen molar-refractivity contribution >= 4 is 0 Å². The average molecular weight is 286 g/mol. The van der Waals surface area contributed by atoms with E-state index in [9.17, 15) is 13.2 Å². The Bertz CT molecular complexity index is 408. The molecule has 0 aliphatic carbocycles. The van der Waals surface area contributed by atoms with E-state index in [1.807, 2.05) is 6.92 Å². The van der Waals surface area contributed by atoms with Crippen molar-refractivity contribution < 1.29 is 13.2 Å². The summed E-state index contributed by atoms with van der Waals surface area (Å²) in [6.07, 6.45) is -1.96. The van der Waals surface area contributed by atoms with Crippen molar-refractivity contribution in [3.05, 3.63) is 35.4 Å². The Labute approximate surface area is 117 Å². The van der Waals surface area contributed by atoms with Gasteiger partial charge < -0.3 is 5.32 Å². The van der Waals surface area contributed by atoms with E-state index in [2.05, 4.69) is 10.6 Å². The summed E-state index contributed by atoms with van der Waals surface area (Å²) in [6.45, 7) is 3.54. The first-order chi connectivity index (χ1) is 9.50. The van der Waals surface area contributed by atoms with Crippen molar-refractivity contribution in [1.29, 1.82) is 0 Å². The molecule has 0 radical (unpaired) electrons. The molecule has 5 heteroatoms. The number of hydrogen-bond donors (Lipinski definition) is 2. The summed E-state index contributed by atoms with van der Waals surface area (Å²) in [6, 6.07) is 5.08. The molecule has 20 heavy (non-hydrogen) atoms. The van der Waals surface area contributed by atoms with Crippen LogP contribution in [-0.4, -0.2) is 25.3 Å². The Morgan fingerprint density at radius 1 is 1.20 bits per heavy atom. The van der Waals surface area contributed by atoms with Gasteiger partial charge in [-0.05, 0) is 43.5 Å². The minimum atomic E-state index is -4.27. The molecule has 2 N–H and O–H groups in total. The third-order valence-corrected chi connectivity index (χ3v) is 3.79. The van der Waals surface area contributed by atoms with Gasteiger partial charge in [0.1, 0.15) is 6.04 Å². The van der Waals surface area contributed by atoms with Crippen molar-refractivity contribution in [2.45, 2.75) is 44.4 Å². The zero-order valence-corrected chi connectivity index (χ0v) is 11.6. The van der Waals surface area contributed by atoms with Crippen molar-refractivity contribution in [2.24, 2.45) is 0 Å². The van der Waals surface area contributed by atoms with Crippen LogP contribution in [0.5, 0.6) is 0 Å². The Morgan fingerprint density at radius 2 is 1.80 bits per heavy atom. The highest BCUT2D eigenvalue weighted by Gasteiger charge is 2.41. The van der Waals surface area contributed by atoms with Gasteiger partial charge in [0.25, 0.3) is 0 Å². The van der Waals surface area contributed by atoms with Gasteiger partial charge in [-0.15, -0.1) is 0 Å². The highest BCUT2D eigenvalue weighted by Crippen LogP contribution is 2.33. The molecule has 112 valence electrons. The van der Waals surface area contributed by atoms with Crippen molar-refractivity contribution in [3.63, 3.8) is 0 Å². The van der Waals surface area contributed by atoms with Crippen LogP contribution in [0.4, 0.5) is 13.2 Å². The van der Waals surface area contributed by atoms with Gasteiger partial charge in [-0.2, -0.15) is 13.2 Å². The summed E-state index contributed by atoms with van der Waals surface area (Å²) in [5.74, 6) is 0. The Hall–Kier alpha value is -1.07. The third kappa shape index (κ3) is 3.96. The maximum atomic E-state index is 13.3. The summed E-state index contributed by atoms with van der Waals surface area (Å²) in [5.41, 5.74) is 1.35. The van der Waals surface area contributed by atoms with Crippen molar-refractivity contribution in [2.75, 3.05) is 13.1 Å². The van der Waals surface area contributed by atoms with Gasteiger partial charge in [0.05, 0.1) is 0 Å². The molecule has 1 unspecified atom stereocenters. The fourth-order valence-corrected chi connectivity index (χ4v) is 2.55. The number of benzene rings is 1. The predicted molar refractivity (Wildman–Crippen MR) is 73.6 cm³/mol. The average Bonchev–Trinajstić information content (AvgIpc) is 2.45. The van der Waals surface area contributed by atoms with Gasteiger partial charge in [-0.3, -0.25) is 5.32 Å². The van der Waals surface area contributed by atoms with E-state index in [-0.39, 0.29) is 6.04 Å². The number of halogens is 3. The van der Waals surface area contributed by atoms with Crippen LogP contribution in [0, 0.1) is 0 Å². The van der Waals surface area contributed by atoms with E-state index in [1.165, 1.54) is 0 Å². The Balaban J connectivity index is 2.13. The summed E-state index contributed by atoms with van der Waals surface area (Å²) in [4.78, 5) is 0. The maximum absolute atomic E-state index is 13.3. The minimum absolute atomic E-state index is 0.0753. The monoisotopic (exact) mass is 286 g/mol.